The first kappa shape index (κ1) is 17.0. The molecule has 0 saturated carbocycles. The number of hydrogen-bond donors (Lipinski definition) is 0. The number of fused-ring (bicyclic) bond motifs is 2. The molecule has 2 bridgehead atoms. The number of morpholine rings is 1. The van der Waals surface area contributed by atoms with Crippen LogP contribution in [0.15, 0.2) is 54.6 Å². The van der Waals surface area contributed by atoms with Crippen molar-refractivity contribution in [3.8, 4) is 6.07 Å². The van der Waals surface area contributed by atoms with Crippen molar-refractivity contribution in [1.82, 2.24) is 4.90 Å². The molecule has 0 aliphatic carbocycles. The van der Waals surface area contributed by atoms with E-state index in [0.29, 0.717) is 24.3 Å². The first-order valence-corrected chi connectivity index (χ1v) is 9.16. The Balaban J connectivity index is 1.48. The van der Waals surface area contributed by atoms with E-state index >= 15 is 0 Å². The van der Waals surface area contributed by atoms with E-state index in [1.54, 1.807) is 24.3 Å². The van der Waals surface area contributed by atoms with Crippen LogP contribution in [0.2, 0.25) is 0 Å². The summed E-state index contributed by atoms with van der Waals surface area (Å²) in [4.78, 5) is 15.5. The van der Waals surface area contributed by atoms with E-state index in [0.717, 1.165) is 19.4 Å². The van der Waals surface area contributed by atoms with Gasteiger partial charge < -0.3 is 4.74 Å². The second-order valence-electron chi connectivity index (χ2n) is 7.22. The molecule has 0 amide bonds. The highest BCUT2D eigenvalue weighted by Crippen LogP contribution is 2.34. The van der Waals surface area contributed by atoms with Crippen molar-refractivity contribution in [1.29, 1.82) is 5.26 Å². The first-order valence-electron chi connectivity index (χ1n) is 9.16. The summed E-state index contributed by atoms with van der Waals surface area (Å²) in [6, 6.07) is 20.2. The first-order chi connectivity index (χ1) is 12.7. The number of ketones is 1. The molecule has 2 saturated heterocycles. The van der Waals surface area contributed by atoms with Gasteiger partial charge in [-0.15, -0.1) is 0 Å². The van der Waals surface area contributed by atoms with Crippen LogP contribution in [0.1, 0.15) is 34.3 Å². The third-order valence-corrected chi connectivity index (χ3v) is 5.55. The number of benzene rings is 2. The average molecular weight is 346 g/mol. The number of nitrogens with zero attached hydrogens (tertiary/aromatic N) is 2. The number of piperidine rings is 1. The van der Waals surface area contributed by atoms with Crippen molar-refractivity contribution in [2.24, 2.45) is 5.92 Å². The number of carbonyl (C=O) groups excluding carboxylic acids is 1. The Morgan fingerprint density at radius 1 is 1.04 bits per heavy atom. The van der Waals surface area contributed by atoms with Crippen LogP contribution in [0.5, 0.6) is 0 Å². The molecule has 2 aromatic carbocycles. The fourth-order valence-electron chi connectivity index (χ4n) is 4.20. The monoisotopic (exact) mass is 346 g/mol. The quantitative estimate of drug-likeness (QED) is 0.796. The summed E-state index contributed by atoms with van der Waals surface area (Å²) >= 11 is 0. The standard InChI is InChI=1S/C22H22N2O2/c23-12-16-6-8-18(9-7-16)22(25)19-10-20-14-26-15-21(11-19)24(20)13-17-4-2-1-3-5-17/h1-9,19-21H,10-11,13-15H2. The third-order valence-electron chi connectivity index (χ3n) is 5.55. The van der Waals surface area contributed by atoms with Gasteiger partial charge in [-0.1, -0.05) is 42.5 Å². The number of hydrogen-bond acceptors (Lipinski definition) is 4. The summed E-state index contributed by atoms with van der Waals surface area (Å²) in [5.41, 5.74) is 2.61. The maximum Gasteiger partial charge on any atom is 0.166 e. The normalized spacial score (nSPS) is 25.4. The zero-order valence-electron chi connectivity index (χ0n) is 14.7. The highest BCUT2D eigenvalue weighted by atomic mass is 16.5. The lowest BCUT2D eigenvalue weighted by Crippen LogP contribution is -2.57. The van der Waals surface area contributed by atoms with Crippen molar-refractivity contribution in [2.45, 2.75) is 31.5 Å². The molecule has 2 aliphatic rings. The van der Waals surface area contributed by atoms with Gasteiger partial charge in [-0.2, -0.15) is 5.26 Å². The topological polar surface area (TPSA) is 53.3 Å². The van der Waals surface area contributed by atoms with E-state index in [1.807, 2.05) is 6.07 Å². The summed E-state index contributed by atoms with van der Waals surface area (Å²) < 4.78 is 5.78. The van der Waals surface area contributed by atoms with Crippen LogP contribution < -0.4 is 0 Å². The highest BCUT2D eigenvalue weighted by Gasteiger charge is 2.41. The molecule has 4 heteroatoms. The third kappa shape index (κ3) is 3.41. The van der Waals surface area contributed by atoms with Gasteiger partial charge in [0.05, 0.1) is 24.8 Å². The molecule has 2 fully saturated rings. The lowest BCUT2D eigenvalue weighted by Gasteiger charge is -2.48. The molecular weight excluding hydrogens is 324 g/mol. The minimum Gasteiger partial charge on any atom is -0.378 e. The van der Waals surface area contributed by atoms with Gasteiger partial charge in [-0.05, 0) is 30.5 Å². The predicted octanol–water partition coefficient (Wildman–Crippen LogP) is 3.42. The molecule has 0 spiro atoms. The van der Waals surface area contributed by atoms with E-state index in [1.165, 1.54) is 5.56 Å². The van der Waals surface area contributed by atoms with Crippen molar-refractivity contribution in [2.75, 3.05) is 13.2 Å². The Hall–Kier alpha value is -2.48. The smallest absolute Gasteiger partial charge is 0.166 e. The molecule has 26 heavy (non-hydrogen) atoms. The number of Topliss-reactive ketones (excluding diaryl/α,β-unsaturated/α-hetero) is 1. The Morgan fingerprint density at radius 2 is 1.69 bits per heavy atom. The van der Waals surface area contributed by atoms with Crippen LogP contribution in [0.4, 0.5) is 0 Å². The Bertz CT molecular complexity index is 796. The molecular formula is C22H22N2O2. The summed E-state index contributed by atoms with van der Waals surface area (Å²) in [6.45, 7) is 2.30. The molecule has 2 unspecified atom stereocenters. The summed E-state index contributed by atoms with van der Waals surface area (Å²) in [5, 5.41) is 8.92. The highest BCUT2D eigenvalue weighted by molar-refractivity contribution is 5.98. The van der Waals surface area contributed by atoms with E-state index in [9.17, 15) is 4.79 Å². The molecule has 2 heterocycles. The molecule has 2 aliphatic heterocycles. The van der Waals surface area contributed by atoms with Gasteiger partial charge in [-0.3, -0.25) is 9.69 Å². The summed E-state index contributed by atoms with van der Waals surface area (Å²) in [5.74, 6) is 0.236. The number of rotatable bonds is 4. The van der Waals surface area contributed by atoms with Gasteiger partial charge in [0.2, 0.25) is 0 Å². The lowest BCUT2D eigenvalue weighted by atomic mass is 9.80. The maximum atomic E-state index is 13.0. The van der Waals surface area contributed by atoms with E-state index in [4.69, 9.17) is 10.00 Å². The van der Waals surface area contributed by atoms with Crippen LogP contribution >= 0.6 is 0 Å². The largest absolute Gasteiger partial charge is 0.378 e. The zero-order chi connectivity index (χ0) is 17.9. The molecule has 4 nitrogen and oxygen atoms in total. The van der Waals surface area contributed by atoms with Gasteiger partial charge in [0.25, 0.3) is 0 Å². The fraction of sp³-hybridized carbons (Fsp3) is 0.364. The number of carbonyl (C=O) groups is 1. The van der Waals surface area contributed by atoms with Gasteiger partial charge in [0.1, 0.15) is 0 Å². The molecule has 0 aromatic heterocycles. The Labute approximate surface area is 154 Å². The fourth-order valence-corrected chi connectivity index (χ4v) is 4.20. The van der Waals surface area contributed by atoms with Gasteiger partial charge in [0, 0.05) is 30.1 Å². The average Bonchev–Trinajstić information content (AvgIpc) is 2.68. The molecule has 2 atom stereocenters. The van der Waals surface area contributed by atoms with Crippen LogP contribution in [0, 0.1) is 17.2 Å². The number of ether oxygens (including phenoxy) is 1. The Morgan fingerprint density at radius 3 is 2.31 bits per heavy atom. The predicted molar refractivity (Wildman–Crippen MR) is 98.6 cm³/mol. The van der Waals surface area contributed by atoms with E-state index in [-0.39, 0.29) is 23.8 Å². The van der Waals surface area contributed by atoms with Gasteiger partial charge in [-0.25, -0.2) is 0 Å². The van der Waals surface area contributed by atoms with Crippen molar-refractivity contribution in [3.05, 3.63) is 71.3 Å². The van der Waals surface area contributed by atoms with E-state index in [2.05, 4.69) is 35.2 Å². The lowest BCUT2D eigenvalue weighted by molar-refractivity contribution is -0.0872. The van der Waals surface area contributed by atoms with Crippen LogP contribution in [0.25, 0.3) is 0 Å². The molecule has 2 aromatic rings. The van der Waals surface area contributed by atoms with Crippen LogP contribution in [-0.2, 0) is 11.3 Å². The molecule has 0 radical (unpaired) electrons. The van der Waals surface area contributed by atoms with E-state index < -0.39 is 0 Å². The number of nitriles is 1. The SMILES string of the molecule is N#Cc1ccc(C(=O)C2CC3COCC(C2)N3Cc2ccccc2)cc1. The minimum atomic E-state index is 0.0360. The Kier molecular flexibility index (Phi) is 4.83. The zero-order valence-corrected chi connectivity index (χ0v) is 14.7. The molecule has 132 valence electrons. The summed E-state index contributed by atoms with van der Waals surface area (Å²) in [7, 11) is 0. The van der Waals surface area contributed by atoms with Crippen LogP contribution in [-0.4, -0.2) is 36.0 Å². The van der Waals surface area contributed by atoms with Crippen molar-refractivity contribution >= 4 is 5.78 Å². The van der Waals surface area contributed by atoms with Crippen LogP contribution in [0.3, 0.4) is 0 Å². The van der Waals surface area contributed by atoms with Crippen molar-refractivity contribution in [3.63, 3.8) is 0 Å². The minimum absolute atomic E-state index is 0.0360. The second-order valence-corrected chi connectivity index (χ2v) is 7.22. The summed E-state index contributed by atoms with van der Waals surface area (Å²) in [6.07, 6.45) is 1.67. The molecule has 4 rings (SSSR count). The second kappa shape index (κ2) is 7.41. The van der Waals surface area contributed by atoms with Gasteiger partial charge >= 0.3 is 0 Å². The van der Waals surface area contributed by atoms with Gasteiger partial charge in [0.15, 0.2) is 5.78 Å². The van der Waals surface area contributed by atoms with Crippen molar-refractivity contribution < 1.29 is 9.53 Å². The maximum absolute atomic E-state index is 13.0. The molecule has 0 N–H and O–H groups in total.